The minimum absolute atomic E-state index is 0.376. The number of nitrogens with one attached hydrogen (secondary N) is 1. The largest absolute Gasteiger partial charge is 0.486 e. The number of fused-ring (bicyclic) bond motifs is 2. The number of benzene rings is 2. The Morgan fingerprint density at radius 2 is 1.74 bits per heavy atom. The summed E-state index contributed by atoms with van der Waals surface area (Å²) in [6, 6.07) is 14.2. The summed E-state index contributed by atoms with van der Waals surface area (Å²) in [7, 11) is 0. The third-order valence-corrected chi connectivity index (χ3v) is 7.94. The lowest BCUT2D eigenvalue weighted by Gasteiger charge is -2.32. The number of nitrogens with zero attached hydrogens (tertiary/aromatic N) is 4. The zero-order valence-corrected chi connectivity index (χ0v) is 21.9. The second-order valence-corrected chi connectivity index (χ2v) is 10.3. The molecular weight excluding hydrogens is 486 g/mol. The van der Waals surface area contributed by atoms with Crippen molar-refractivity contribution in [2.45, 2.75) is 32.1 Å². The lowest BCUT2D eigenvalue weighted by atomic mass is 9.96. The van der Waals surface area contributed by atoms with E-state index in [9.17, 15) is 0 Å². The number of aromatic nitrogens is 4. The molecule has 2 aromatic carbocycles. The average molecular weight is 516 g/mol. The van der Waals surface area contributed by atoms with Crippen LogP contribution in [0.1, 0.15) is 52.7 Å². The first-order valence-electron chi connectivity index (χ1n) is 13.5. The number of H-pyrrole nitrogens is 1. The molecule has 0 radical (unpaired) electrons. The SMILES string of the molecule is C#Cc1ccc(C2=Cc3c(ncnc3N3CCC(c4nc(-c5ccc6c(c5)OCCO6)c(C)[nH]4)CC3)C2)cc1. The number of hydrogen-bond acceptors (Lipinski definition) is 6. The van der Waals surface area contributed by atoms with Crippen LogP contribution in [0.3, 0.4) is 0 Å². The molecule has 4 heterocycles. The summed E-state index contributed by atoms with van der Waals surface area (Å²) in [5.41, 5.74) is 8.65. The van der Waals surface area contributed by atoms with E-state index in [4.69, 9.17) is 25.9 Å². The first-order valence-corrected chi connectivity index (χ1v) is 13.5. The van der Waals surface area contributed by atoms with E-state index in [1.807, 2.05) is 24.3 Å². The summed E-state index contributed by atoms with van der Waals surface area (Å²) >= 11 is 0. The first-order chi connectivity index (χ1) is 19.2. The normalized spacial score (nSPS) is 16.5. The Labute approximate surface area is 227 Å². The van der Waals surface area contributed by atoms with Gasteiger partial charge >= 0.3 is 0 Å². The van der Waals surface area contributed by atoms with Gasteiger partial charge in [0.2, 0.25) is 0 Å². The van der Waals surface area contributed by atoms with Crippen molar-refractivity contribution >= 4 is 17.5 Å². The Kier molecular flexibility index (Phi) is 5.81. The van der Waals surface area contributed by atoms with Crippen molar-refractivity contribution in [3.05, 3.63) is 82.7 Å². The number of imidazole rings is 1. The topological polar surface area (TPSA) is 76.2 Å². The second kappa shape index (κ2) is 9.63. The molecule has 0 bridgehead atoms. The number of piperidine rings is 1. The highest BCUT2D eigenvalue weighted by molar-refractivity contribution is 5.91. The average Bonchev–Trinajstić information content (AvgIpc) is 3.61. The van der Waals surface area contributed by atoms with E-state index in [1.54, 1.807) is 6.33 Å². The molecule has 7 nitrogen and oxygen atoms in total. The highest BCUT2D eigenvalue weighted by atomic mass is 16.6. The molecule has 0 amide bonds. The maximum atomic E-state index is 5.79. The fourth-order valence-electron chi connectivity index (χ4n) is 5.85. The van der Waals surface area contributed by atoms with E-state index in [0.29, 0.717) is 19.1 Å². The van der Waals surface area contributed by atoms with E-state index >= 15 is 0 Å². The van der Waals surface area contributed by atoms with E-state index in [2.05, 4.69) is 52.0 Å². The van der Waals surface area contributed by atoms with Gasteiger partial charge in [0, 0.05) is 47.8 Å². The molecule has 0 unspecified atom stereocenters. The van der Waals surface area contributed by atoms with Crippen LogP contribution in [0.25, 0.3) is 22.9 Å². The number of rotatable bonds is 4. The van der Waals surface area contributed by atoms with Crippen molar-refractivity contribution in [1.82, 2.24) is 19.9 Å². The zero-order chi connectivity index (χ0) is 26.3. The summed E-state index contributed by atoms with van der Waals surface area (Å²) in [6.45, 7) is 5.10. The van der Waals surface area contributed by atoms with Crippen molar-refractivity contribution in [3.8, 4) is 35.1 Å². The molecule has 7 heteroatoms. The lowest BCUT2D eigenvalue weighted by molar-refractivity contribution is 0.171. The third-order valence-electron chi connectivity index (χ3n) is 7.94. The summed E-state index contributed by atoms with van der Waals surface area (Å²) in [4.78, 5) is 20.3. The molecule has 2 aromatic heterocycles. The molecule has 4 aromatic rings. The van der Waals surface area contributed by atoms with Crippen molar-refractivity contribution in [2.75, 3.05) is 31.2 Å². The number of hydrogen-bond donors (Lipinski definition) is 1. The van der Waals surface area contributed by atoms with E-state index < -0.39 is 0 Å². The number of ether oxygens (including phenoxy) is 2. The van der Waals surface area contributed by atoms with Gasteiger partial charge in [-0.1, -0.05) is 18.1 Å². The smallest absolute Gasteiger partial charge is 0.162 e. The van der Waals surface area contributed by atoms with Crippen LogP contribution in [-0.4, -0.2) is 46.2 Å². The monoisotopic (exact) mass is 515 g/mol. The summed E-state index contributed by atoms with van der Waals surface area (Å²) in [6.07, 6.45) is 12.3. The molecule has 1 N–H and O–H groups in total. The molecule has 1 fully saturated rings. The van der Waals surface area contributed by atoms with Crippen LogP contribution >= 0.6 is 0 Å². The van der Waals surface area contributed by atoms with E-state index in [0.717, 1.165) is 89.3 Å². The molecule has 3 aliphatic rings. The standard InChI is InChI=1S/C32H29N5O2/c1-3-21-4-6-22(7-5-21)25-16-26-27(17-25)33-19-34-32(26)37-12-10-23(11-13-37)31-35-20(2)30(36-31)24-8-9-28-29(18-24)39-15-14-38-28/h1,4-9,16,18-19,23H,10-15,17H2,2H3,(H,35,36). The zero-order valence-electron chi connectivity index (χ0n) is 21.9. The summed E-state index contributed by atoms with van der Waals surface area (Å²) < 4.78 is 11.5. The molecular formula is C32H29N5O2. The van der Waals surface area contributed by atoms with Gasteiger partial charge in [-0.15, -0.1) is 6.42 Å². The van der Waals surface area contributed by atoms with Gasteiger partial charge < -0.3 is 19.4 Å². The van der Waals surface area contributed by atoms with Gasteiger partial charge in [-0.2, -0.15) is 0 Å². The minimum atomic E-state index is 0.376. The molecule has 1 saturated heterocycles. The van der Waals surface area contributed by atoms with E-state index in [1.165, 1.54) is 11.1 Å². The van der Waals surface area contributed by atoms with Crippen LogP contribution < -0.4 is 14.4 Å². The van der Waals surface area contributed by atoms with Crippen molar-refractivity contribution in [1.29, 1.82) is 0 Å². The molecule has 2 aliphatic heterocycles. The number of terminal acetylenes is 1. The quantitative estimate of drug-likeness (QED) is 0.367. The Balaban J connectivity index is 1.07. The first kappa shape index (κ1) is 23.5. The number of aromatic amines is 1. The van der Waals surface area contributed by atoms with Crippen molar-refractivity contribution in [3.63, 3.8) is 0 Å². The molecule has 7 rings (SSSR count). The summed E-state index contributed by atoms with van der Waals surface area (Å²) in [5, 5.41) is 0. The fourth-order valence-corrected chi connectivity index (χ4v) is 5.85. The van der Waals surface area contributed by atoms with Crippen LogP contribution in [0.5, 0.6) is 11.5 Å². The molecule has 0 atom stereocenters. The van der Waals surface area contributed by atoms with Gasteiger partial charge in [-0.05, 0) is 67.3 Å². The Bertz CT molecular complexity index is 1620. The van der Waals surface area contributed by atoms with Crippen LogP contribution in [-0.2, 0) is 6.42 Å². The predicted octanol–water partition coefficient (Wildman–Crippen LogP) is 5.41. The van der Waals surface area contributed by atoms with E-state index in [-0.39, 0.29) is 0 Å². The Morgan fingerprint density at radius 3 is 2.54 bits per heavy atom. The highest BCUT2D eigenvalue weighted by Gasteiger charge is 2.28. The van der Waals surface area contributed by atoms with Gasteiger partial charge in [0.05, 0.1) is 11.4 Å². The Hall–Kier alpha value is -4.57. The van der Waals surface area contributed by atoms with Gasteiger partial charge in [0.15, 0.2) is 11.5 Å². The molecule has 194 valence electrons. The van der Waals surface area contributed by atoms with Crippen LogP contribution in [0.2, 0.25) is 0 Å². The summed E-state index contributed by atoms with van der Waals surface area (Å²) in [5.74, 6) is 6.74. The van der Waals surface area contributed by atoms with Crippen LogP contribution in [0, 0.1) is 19.3 Å². The van der Waals surface area contributed by atoms with Gasteiger partial charge in [0.25, 0.3) is 0 Å². The fraction of sp³-hybridized carbons (Fsp3) is 0.281. The molecule has 0 spiro atoms. The maximum absolute atomic E-state index is 5.79. The minimum Gasteiger partial charge on any atom is -0.486 e. The Morgan fingerprint density at radius 1 is 0.974 bits per heavy atom. The maximum Gasteiger partial charge on any atom is 0.162 e. The predicted molar refractivity (Wildman–Crippen MR) is 152 cm³/mol. The number of aryl methyl sites for hydroxylation is 1. The van der Waals surface area contributed by atoms with Crippen molar-refractivity contribution < 1.29 is 9.47 Å². The molecule has 0 saturated carbocycles. The van der Waals surface area contributed by atoms with Crippen LogP contribution in [0.4, 0.5) is 5.82 Å². The number of anilines is 1. The number of allylic oxidation sites excluding steroid dienone is 1. The lowest BCUT2D eigenvalue weighted by Crippen LogP contribution is -2.34. The van der Waals surface area contributed by atoms with Gasteiger partial charge in [-0.3, -0.25) is 0 Å². The highest BCUT2D eigenvalue weighted by Crippen LogP contribution is 2.39. The second-order valence-electron chi connectivity index (χ2n) is 10.3. The van der Waals surface area contributed by atoms with Crippen molar-refractivity contribution in [2.24, 2.45) is 0 Å². The third kappa shape index (κ3) is 4.32. The van der Waals surface area contributed by atoms with Crippen LogP contribution in [0.15, 0.2) is 48.8 Å². The van der Waals surface area contributed by atoms with Gasteiger partial charge in [-0.25, -0.2) is 15.0 Å². The molecule has 1 aliphatic carbocycles. The molecule has 39 heavy (non-hydrogen) atoms. The van der Waals surface area contributed by atoms with Gasteiger partial charge in [0.1, 0.15) is 31.2 Å².